The molecule has 2 N–H and O–H groups in total. The summed E-state index contributed by atoms with van der Waals surface area (Å²) < 4.78 is 0. The SMILES string of the molecule is CC(Nc1nc(C(=O)O)ccc1[N+](=O)[O-])c1ccccc1. The molecule has 0 fully saturated rings. The fraction of sp³-hybridized carbons (Fsp3) is 0.143. The third-order valence-electron chi connectivity index (χ3n) is 2.94. The molecule has 1 atom stereocenters. The van der Waals surface area contributed by atoms with Gasteiger partial charge in [0.1, 0.15) is 0 Å². The van der Waals surface area contributed by atoms with E-state index in [9.17, 15) is 14.9 Å². The van der Waals surface area contributed by atoms with Crippen molar-refractivity contribution in [1.82, 2.24) is 4.98 Å². The fourth-order valence-electron chi connectivity index (χ4n) is 1.85. The van der Waals surface area contributed by atoms with E-state index in [1.165, 1.54) is 0 Å². The van der Waals surface area contributed by atoms with Crippen molar-refractivity contribution in [3.63, 3.8) is 0 Å². The monoisotopic (exact) mass is 287 g/mol. The molecule has 1 aromatic carbocycles. The van der Waals surface area contributed by atoms with Crippen LogP contribution in [-0.2, 0) is 0 Å². The number of carbonyl (C=O) groups is 1. The average Bonchev–Trinajstić information content (AvgIpc) is 2.47. The average molecular weight is 287 g/mol. The molecule has 1 unspecified atom stereocenters. The molecule has 0 aliphatic rings. The lowest BCUT2D eigenvalue weighted by Gasteiger charge is -2.15. The fourth-order valence-corrected chi connectivity index (χ4v) is 1.85. The lowest BCUT2D eigenvalue weighted by Crippen LogP contribution is -2.12. The van der Waals surface area contributed by atoms with Gasteiger partial charge in [-0.2, -0.15) is 0 Å². The molecule has 0 spiro atoms. The number of hydrogen-bond donors (Lipinski definition) is 2. The zero-order valence-electron chi connectivity index (χ0n) is 11.2. The van der Waals surface area contributed by atoms with Gasteiger partial charge >= 0.3 is 11.7 Å². The van der Waals surface area contributed by atoms with E-state index in [2.05, 4.69) is 10.3 Å². The lowest BCUT2D eigenvalue weighted by atomic mass is 10.1. The lowest BCUT2D eigenvalue weighted by molar-refractivity contribution is -0.384. The summed E-state index contributed by atoms with van der Waals surface area (Å²) in [4.78, 5) is 25.1. The quantitative estimate of drug-likeness (QED) is 0.647. The number of aromatic carboxylic acids is 1. The van der Waals surface area contributed by atoms with E-state index in [1.54, 1.807) is 0 Å². The highest BCUT2D eigenvalue weighted by Gasteiger charge is 2.20. The van der Waals surface area contributed by atoms with Crippen molar-refractivity contribution < 1.29 is 14.8 Å². The molecule has 0 radical (unpaired) electrons. The maximum Gasteiger partial charge on any atom is 0.354 e. The van der Waals surface area contributed by atoms with Crippen LogP contribution in [0.15, 0.2) is 42.5 Å². The first kappa shape index (κ1) is 14.4. The van der Waals surface area contributed by atoms with Crippen molar-refractivity contribution >= 4 is 17.5 Å². The molecule has 0 saturated heterocycles. The van der Waals surface area contributed by atoms with Gasteiger partial charge in [0.15, 0.2) is 5.69 Å². The van der Waals surface area contributed by atoms with Crippen LogP contribution in [0.2, 0.25) is 0 Å². The van der Waals surface area contributed by atoms with Crippen LogP contribution in [0.5, 0.6) is 0 Å². The molecule has 0 aliphatic heterocycles. The topological polar surface area (TPSA) is 105 Å². The number of nitro groups is 1. The van der Waals surface area contributed by atoms with Crippen molar-refractivity contribution in [2.75, 3.05) is 5.32 Å². The van der Waals surface area contributed by atoms with Gasteiger partial charge in [0.05, 0.1) is 11.0 Å². The molecule has 7 heteroatoms. The van der Waals surface area contributed by atoms with Crippen LogP contribution in [0.4, 0.5) is 11.5 Å². The van der Waals surface area contributed by atoms with Crippen LogP contribution in [-0.4, -0.2) is 21.0 Å². The largest absolute Gasteiger partial charge is 0.477 e. The number of carboxylic acid groups (broad SMARTS) is 1. The summed E-state index contributed by atoms with van der Waals surface area (Å²) >= 11 is 0. The number of anilines is 1. The zero-order chi connectivity index (χ0) is 15.4. The Kier molecular flexibility index (Phi) is 4.13. The summed E-state index contributed by atoms with van der Waals surface area (Å²) in [5, 5.41) is 22.8. The van der Waals surface area contributed by atoms with Crippen molar-refractivity contribution in [2.45, 2.75) is 13.0 Å². The van der Waals surface area contributed by atoms with E-state index in [0.717, 1.165) is 17.7 Å². The smallest absolute Gasteiger partial charge is 0.354 e. The van der Waals surface area contributed by atoms with Crippen LogP contribution in [0.25, 0.3) is 0 Å². The third kappa shape index (κ3) is 3.33. The second kappa shape index (κ2) is 6.00. The minimum absolute atomic E-state index is 0.0590. The van der Waals surface area contributed by atoms with Gasteiger partial charge in [0.25, 0.3) is 0 Å². The number of rotatable bonds is 5. The predicted molar refractivity (Wildman–Crippen MR) is 76.3 cm³/mol. The first-order chi connectivity index (χ1) is 9.99. The number of aromatic nitrogens is 1. The van der Waals surface area contributed by atoms with Gasteiger partial charge in [-0.05, 0) is 18.6 Å². The van der Waals surface area contributed by atoms with Crippen LogP contribution >= 0.6 is 0 Å². The minimum atomic E-state index is -1.24. The number of nitrogens with one attached hydrogen (secondary N) is 1. The number of hydrogen-bond acceptors (Lipinski definition) is 5. The van der Waals surface area contributed by atoms with Gasteiger partial charge in [-0.3, -0.25) is 10.1 Å². The van der Waals surface area contributed by atoms with Crippen molar-refractivity contribution in [2.24, 2.45) is 0 Å². The van der Waals surface area contributed by atoms with Crippen molar-refractivity contribution in [1.29, 1.82) is 0 Å². The maximum absolute atomic E-state index is 11.0. The number of benzene rings is 1. The standard InChI is InChI=1S/C14H13N3O4/c1-9(10-5-3-2-4-6-10)15-13-12(17(20)21)8-7-11(16-13)14(18)19/h2-9H,1H3,(H,15,16)(H,18,19). The van der Waals surface area contributed by atoms with E-state index in [0.29, 0.717) is 0 Å². The molecular formula is C14H13N3O4. The molecule has 0 amide bonds. The van der Waals surface area contributed by atoms with Gasteiger partial charge in [-0.25, -0.2) is 9.78 Å². The summed E-state index contributed by atoms with van der Waals surface area (Å²) in [7, 11) is 0. The molecule has 7 nitrogen and oxygen atoms in total. The van der Waals surface area contributed by atoms with E-state index in [-0.39, 0.29) is 23.2 Å². The second-order valence-electron chi connectivity index (χ2n) is 4.40. The Balaban J connectivity index is 2.35. The normalized spacial score (nSPS) is 11.7. The van der Waals surface area contributed by atoms with Crippen LogP contribution in [0, 0.1) is 10.1 Å². The van der Waals surface area contributed by atoms with E-state index >= 15 is 0 Å². The minimum Gasteiger partial charge on any atom is -0.477 e. The third-order valence-corrected chi connectivity index (χ3v) is 2.94. The first-order valence-corrected chi connectivity index (χ1v) is 6.19. The van der Waals surface area contributed by atoms with Gasteiger partial charge in [0.2, 0.25) is 5.82 Å². The molecule has 2 rings (SSSR count). The summed E-state index contributed by atoms with van der Waals surface area (Å²) in [6, 6.07) is 11.3. The Bertz CT molecular complexity index is 673. The van der Waals surface area contributed by atoms with E-state index < -0.39 is 10.9 Å². The van der Waals surface area contributed by atoms with Gasteiger partial charge in [-0.15, -0.1) is 0 Å². The maximum atomic E-state index is 11.0. The van der Waals surface area contributed by atoms with Crippen molar-refractivity contribution in [3.8, 4) is 0 Å². The van der Waals surface area contributed by atoms with E-state index in [4.69, 9.17) is 5.11 Å². The Morgan fingerprint density at radius 1 is 1.29 bits per heavy atom. The highest BCUT2D eigenvalue weighted by atomic mass is 16.6. The molecular weight excluding hydrogens is 274 g/mol. The Morgan fingerprint density at radius 2 is 1.95 bits per heavy atom. The highest BCUT2D eigenvalue weighted by Crippen LogP contribution is 2.26. The van der Waals surface area contributed by atoms with Gasteiger partial charge in [-0.1, -0.05) is 30.3 Å². The van der Waals surface area contributed by atoms with Crippen LogP contribution in [0.3, 0.4) is 0 Å². The van der Waals surface area contributed by atoms with Crippen molar-refractivity contribution in [3.05, 3.63) is 63.8 Å². The molecule has 2 aromatic rings. The van der Waals surface area contributed by atoms with E-state index in [1.807, 2.05) is 37.3 Å². The highest BCUT2D eigenvalue weighted by molar-refractivity contribution is 5.86. The van der Waals surface area contributed by atoms with Crippen LogP contribution in [0.1, 0.15) is 29.0 Å². The molecule has 0 bridgehead atoms. The molecule has 108 valence electrons. The number of nitrogens with zero attached hydrogens (tertiary/aromatic N) is 2. The summed E-state index contributed by atoms with van der Waals surface area (Å²) in [5.41, 5.74) is 0.403. The number of carboxylic acids is 1. The van der Waals surface area contributed by atoms with Gasteiger partial charge in [0, 0.05) is 6.07 Å². The Labute approximate surface area is 120 Å². The molecule has 1 heterocycles. The Morgan fingerprint density at radius 3 is 2.52 bits per heavy atom. The molecule has 0 aliphatic carbocycles. The number of pyridine rings is 1. The summed E-state index contributed by atoms with van der Waals surface area (Å²) in [6.45, 7) is 1.81. The van der Waals surface area contributed by atoms with Crippen LogP contribution < -0.4 is 5.32 Å². The zero-order valence-corrected chi connectivity index (χ0v) is 11.2. The predicted octanol–water partition coefficient (Wildman–Crippen LogP) is 2.86. The van der Waals surface area contributed by atoms with Gasteiger partial charge < -0.3 is 10.4 Å². The Hall–Kier alpha value is -2.96. The molecule has 1 aromatic heterocycles. The molecule has 21 heavy (non-hydrogen) atoms. The summed E-state index contributed by atoms with van der Waals surface area (Å²) in [5.74, 6) is -1.29. The summed E-state index contributed by atoms with van der Waals surface area (Å²) in [6.07, 6.45) is 0. The first-order valence-electron chi connectivity index (χ1n) is 6.19. The second-order valence-corrected chi connectivity index (χ2v) is 4.40. The molecule has 0 saturated carbocycles.